The molecule has 0 saturated heterocycles. The molecule has 0 bridgehead atoms. The molecule has 0 spiro atoms. The Morgan fingerprint density at radius 2 is 2.00 bits per heavy atom. The van der Waals surface area contributed by atoms with Crippen LogP contribution in [0.2, 0.25) is 0 Å². The minimum Gasteiger partial charge on any atom is -0.375 e. The highest BCUT2D eigenvalue weighted by Crippen LogP contribution is 2.25. The lowest BCUT2D eigenvalue weighted by Crippen LogP contribution is -2.11. The Balaban J connectivity index is 1.84. The van der Waals surface area contributed by atoms with Crippen LogP contribution in [-0.2, 0) is 0 Å². The Bertz CT molecular complexity index is 862. The summed E-state index contributed by atoms with van der Waals surface area (Å²) in [5.74, 6) is -0.214. The number of carbonyl (C=O) groups is 1. The van der Waals surface area contributed by atoms with Crippen molar-refractivity contribution in [1.82, 2.24) is 4.98 Å². The van der Waals surface area contributed by atoms with Gasteiger partial charge in [-0.15, -0.1) is 0 Å². The zero-order valence-corrected chi connectivity index (χ0v) is 11.6. The zero-order valence-electron chi connectivity index (χ0n) is 10.8. The van der Waals surface area contributed by atoms with Crippen molar-refractivity contribution in [2.45, 2.75) is 0 Å². The average molecular weight is 294 g/mol. The van der Waals surface area contributed by atoms with E-state index in [0.717, 1.165) is 10.2 Å². The lowest BCUT2D eigenvalue weighted by atomic mass is 10.2. The van der Waals surface area contributed by atoms with Crippen LogP contribution < -0.4 is 11.1 Å². The second-order valence-corrected chi connectivity index (χ2v) is 5.44. The van der Waals surface area contributed by atoms with E-state index in [1.54, 1.807) is 42.5 Å². The molecule has 21 heavy (non-hydrogen) atoms. The number of benzene rings is 2. The fourth-order valence-corrected chi connectivity index (χ4v) is 2.69. The minimum atomic E-state index is -0.214. The third kappa shape index (κ3) is 2.68. The number of aromatic nitrogens is 1. The molecular formula is C15H10N4OS. The molecule has 102 valence electrons. The third-order valence-corrected chi connectivity index (χ3v) is 3.79. The van der Waals surface area contributed by atoms with Crippen LogP contribution in [0.4, 0.5) is 10.8 Å². The van der Waals surface area contributed by atoms with Crippen LogP contribution in [-0.4, -0.2) is 10.9 Å². The van der Waals surface area contributed by atoms with Crippen molar-refractivity contribution in [1.29, 1.82) is 5.26 Å². The summed E-state index contributed by atoms with van der Waals surface area (Å²) in [5, 5.41) is 12.0. The Kier molecular flexibility index (Phi) is 3.26. The first-order chi connectivity index (χ1) is 10.2. The van der Waals surface area contributed by atoms with E-state index in [2.05, 4.69) is 10.3 Å². The van der Waals surface area contributed by atoms with E-state index in [4.69, 9.17) is 11.0 Å². The molecule has 6 heteroatoms. The first-order valence-corrected chi connectivity index (χ1v) is 6.95. The van der Waals surface area contributed by atoms with Crippen molar-refractivity contribution in [2.24, 2.45) is 0 Å². The van der Waals surface area contributed by atoms with Crippen molar-refractivity contribution < 1.29 is 4.79 Å². The molecule has 0 saturated carbocycles. The Morgan fingerprint density at radius 1 is 1.24 bits per heavy atom. The topological polar surface area (TPSA) is 91.8 Å². The van der Waals surface area contributed by atoms with Crippen LogP contribution in [0.25, 0.3) is 10.2 Å². The molecule has 0 aliphatic carbocycles. The molecule has 3 rings (SSSR count). The molecule has 5 nitrogen and oxygen atoms in total. The van der Waals surface area contributed by atoms with Crippen LogP contribution in [0.3, 0.4) is 0 Å². The highest BCUT2D eigenvalue weighted by atomic mass is 32.1. The molecule has 0 fully saturated rings. The van der Waals surface area contributed by atoms with Gasteiger partial charge < -0.3 is 11.1 Å². The number of nitrogen functional groups attached to an aromatic ring is 1. The number of nitrogens with one attached hydrogen (secondary N) is 1. The summed E-state index contributed by atoms with van der Waals surface area (Å²) in [7, 11) is 0. The van der Waals surface area contributed by atoms with Crippen molar-refractivity contribution in [3.05, 3.63) is 53.6 Å². The predicted octanol–water partition coefficient (Wildman–Crippen LogP) is 3.00. The zero-order chi connectivity index (χ0) is 14.8. The number of nitrogens with two attached hydrogens (primary N) is 1. The number of amides is 1. The van der Waals surface area contributed by atoms with E-state index in [0.29, 0.717) is 21.9 Å². The molecule has 3 N–H and O–H groups in total. The van der Waals surface area contributed by atoms with Crippen molar-refractivity contribution in [3.63, 3.8) is 0 Å². The Morgan fingerprint density at radius 3 is 2.71 bits per heavy atom. The van der Waals surface area contributed by atoms with Gasteiger partial charge in [0.15, 0.2) is 5.13 Å². The Labute approximate surface area is 124 Å². The number of nitriles is 1. The van der Waals surface area contributed by atoms with Gasteiger partial charge in [0.05, 0.1) is 21.8 Å². The molecular weight excluding hydrogens is 284 g/mol. The van der Waals surface area contributed by atoms with Gasteiger partial charge in [0.25, 0.3) is 5.91 Å². The second-order valence-electron chi connectivity index (χ2n) is 4.38. The Hall–Kier alpha value is -2.91. The summed E-state index contributed by atoms with van der Waals surface area (Å²) in [4.78, 5) is 16.3. The summed E-state index contributed by atoms with van der Waals surface area (Å²) >= 11 is 1.35. The predicted molar refractivity (Wildman–Crippen MR) is 83.1 cm³/mol. The van der Waals surface area contributed by atoms with E-state index >= 15 is 0 Å². The van der Waals surface area contributed by atoms with E-state index < -0.39 is 0 Å². The fraction of sp³-hybridized carbons (Fsp3) is 0. The van der Waals surface area contributed by atoms with Crippen molar-refractivity contribution in [2.75, 3.05) is 11.1 Å². The fourth-order valence-electron chi connectivity index (χ4n) is 1.92. The van der Waals surface area contributed by atoms with Gasteiger partial charge in [-0.05, 0) is 42.5 Å². The molecule has 1 aromatic heterocycles. The highest BCUT2D eigenvalue weighted by molar-refractivity contribution is 7.22. The van der Waals surface area contributed by atoms with Crippen LogP contribution >= 0.6 is 11.3 Å². The van der Waals surface area contributed by atoms with Crippen LogP contribution in [0, 0.1) is 11.3 Å². The van der Waals surface area contributed by atoms with E-state index in [-0.39, 0.29) is 5.91 Å². The maximum atomic E-state index is 12.2. The normalized spacial score (nSPS) is 10.2. The van der Waals surface area contributed by atoms with Crippen molar-refractivity contribution in [3.8, 4) is 6.07 Å². The summed E-state index contributed by atoms with van der Waals surface area (Å²) in [5.41, 5.74) is 8.16. The number of nitrogens with zero attached hydrogens (tertiary/aromatic N) is 2. The molecule has 0 unspecified atom stereocenters. The average Bonchev–Trinajstić information content (AvgIpc) is 2.87. The molecule has 0 aliphatic heterocycles. The number of anilines is 2. The lowest BCUT2D eigenvalue weighted by Gasteiger charge is -2.05. The number of hydrogen-bond donors (Lipinski definition) is 2. The minimum absolute atomic E-state index is 0.214. The van der Waals surface area contributed by atoms with Crippen LogP contribution in [0.1, 0.15) is 15.9 Å². The van der Waals surface area contributed by atoms with E-state index in [9.17, 15) is 4.79 Å². The summed E-state index contributed by atoms with van der Waals surface area (Å²) in [6, 6.07) is 14.0. The quantitative estimate of drug-likeness (QED) is 0.760. The first-order valence-electron chi connectivity index (χ1n) is 6.13. The number of carbonyl (C=O) groups excluding carboxylic acids is 1. The van der Waals surface area contributed by atoms with Gasteiger partial charge in [-0.2, -0.15) is 5.26 Å². The third-order valence-electron chi connectivity index (χ3n) is 2.94. The van der Waals surface area contributed by atoms with Gasteiger partial charge in [0, 0.05) is 11.3 Å². The monoisotopic (exact) mass is 294 g/mol. The van der Waals surface area contributed by atoms with Gasteiger partial charge in [0.2, 0.25) is 0 Å². The largest absolute Gasteiger partial charge is 0.375 e. The van der Waals surface area contributed by atoms with E-state index in [1.807, 2.05) is 6.07 Å². The number of rotatable bonds is 2. The van der Waals surface area contributed by atoms with Crippen LogP contribution in [0.5, 0.6) is 0 Å². The summed E-state index contributed by atoms with van der Waals surface area (Å²) < 4.78 is 0.875. The maximum absolute atomic E-state index is 12.2. The standard InChI is InChI=1S/C15H10N4OS/c16-8-9-1-4-11(5-2-9)18-14(20)10-3-6-12-13(7-10)21-15(17)19-12/h1-7H,(H2,17,19)(H,18,20). The number of fused-ring (bicyclic) bond motifs is 1. The highest BCUT2D eigenvalue weighted by Gasteiger charge is 2.09. The molecule has 0 atom stereocenters. The van der Waals surface area contributed by atoms with Gasteiger partial charge in [0.1, 0.15) is 0 Å². The molecule has 3 aromatic rings. The maximum Gasteiger partial charge on any atom is 0.255 e. The molecule has 1 heterocycles. The number of thiazole rings is 1. The first kappa shape index (κ1) is 13.1. The SMILES string of the molecule is N#Cc1ccc(NC(=O)c2ccc3nc(N)sc3c2)cc1. The summed E-state index contributed by atoms with van der Waals surface area (Å²) in [6.45, 7) is 0. The van der Waals surface area contributed by atoms with Gasteiger partial charge >= 0.3 is 0 Å². The molecule has 2 aromatic carbocycles. The number of hydrogen-bond acceptors (Lipinski definition) is 5. The van der Waals surface area contributed by atoms with Crippen molar-refractivity contribution >= 4 is 38.3 Å². The van der Waals surface area contributed by atoms with Crippen LogP contribution in [0.15, 0.2) is 42.5 Å². The lowest BCUT2D eigenvalue weighted by molar-refractivity contribution is 0.102. The van der Waals surface area contributed by atoms with Gasteiger partial charge in [-0.1, -0.05) is 11.3 Å². The van der Waals surface area contributed by atoms with Gasteiger partial charge in [-0.25, -0.2) is 4.98 Å². The smallest absolute Gasteiger partial charge is 0.255 e. The molecule has 0 radical (unpaired) electrons. The second kappa shape index (κ2) is 5.23. The van der Waals surface area contributed by atoms with Gasteiger partial charge in [-0.3, -0.25) is 4.79 Å². The molecule has 0 aliphatic rings. The summed E-state index contributed by atoms with van der Waals surface area (Å²) in [6.07, 6.45) is 0. The van der Waals surface area contributed by atoms with E-state index in [1.165, 1.54) is 11.3 Å². The molecule has 1 amide bonds.